The van der Waals surface area contributed by atoms with E-state index in [1.54, 1.807) is 0 Å². The van der Waals surface area contributed by atoms with Crippen LogP contribution in [0.2, 0.25) is 0 Å². The molecule has 0 aromatic heterocycles. The van der Waals surface area contributed by atoms with Crippen LogP contribution < -0.4 is 10.4 Å². The Bertz CT molecular complexity index is 2880. The number of fused-ring (bicyclic) bond motifs is 1. The molecule has 0 N–H and O–H groups in total. The fraction of sp³-hybridized carbons (Fsp3) is 0.105. The third kappa shape index (κ3) is 5.39. The van der Waals surface area contributed by atoms with E-state index < -0.39 is 18.4 Å². The molecule has 6 atom stereocenters. The predicted octanol–water partition coefficient (Wildman–Crippen LogP) is 11.8. The lowest BCUT2D eigenvalue weighted by Crippen LogP contribution is -2.57. The van der Waals surface area contributed by atoms with Crippen molar-refractivity contribution in [1.82, 2.24) is 0 Å². The number of hydrogen-bond donors (Lipinski definition) is 0. The predicted molar refractivity (Wildman–Crippen MR) is 239 cm³/mol. The summed E-state index contributed by atoms with van der Waals surface area (Å²) in [6.45, 7) is 0. The normalized spacial score (nSPS) is 21.9. The van der Waals surface area contributed by atoms with Crippen LogP contribution in [0.3, 0.4) is 0 Å². The smallest absolute Gasteiger partial charge is 0.426 e. The van der Waals surface area contributed by atoms with Crippen LogP contribution in [-0.4, -0.2) is 18.4 Å². The van der Waals surface area contributed by atoms with E-state index in [1.165, 1.54) is 88.3 Å². The van der Waals surface area contributed by atoms with E-state index in [-0.39, 0.29) is 23.7 Å². The molecule has 1 saturated heterocycles. The summed E-state index contributed by atoms with van der Waals surface area (Å²) in [4.78, 5) is 13.4. The topological polar surface area (TPSA) is 35.5 Å². The summed E-state index contributed by atoms with van der Waals surface area (Å²) in [6.07, 6.45) is -1.38. The summed E-state index contributed by atoms with van der Waals surface area (Å²) in [5, 5.41) is 2.44. The fourth-order valence-electron chi connectivity index (χ4n) is 11.2. The van der Waals surface area contributed by atoms with Crippen molar-refractivity contribution < 1.29 is 14.3 Å². The minimum absolute atomic E-state index is 0.0342. The van der Waals surface area contributed by atoms with Crippen LogP contribution in [0, 0.1) is 11.8 Å². The lowest BCUT2D eigenvalue weighted by Gasteiger charge is -2.55. The maximum absolute atomic E-state index is 13.4. The first-order valence-electron chi connectivity index (χ1n) is 21.0. The summed E-state index contributed by atoms with van der Waals surface area (Å²) < 4.78 is 12.6. The lowest BCUT2D eigenvalue weighted by molar-refractivity contribution is 0.0184. The molecular weight excluding hydrogens is 733 g/mol. The van der Waals surface area contributed by atoms with Gasteiger partial charge in [-0.25, -0.2) is 4.79 Å². The molecule has 13 rings (SSSR count). The molecule has 8 aromatic rings. The van der Waals surface area contributed by atoms with Crippen molar-refractivity contribution in [1.29, 1.82) is 0 Å². The van der Waals surface area contributed by atoms with E-state index in [9.17, 15) is 4.79 Å². The average molecular weight is 773 g/mol. The summed E-state index contributed by atoms with van der Waals surface area (Å²) >= 11 is 0. The molecule has 0 amide bonds. The SMILES string of the molecule is O=C1OC2C(O1)C1c3ccccc3C2C2C(c3ccc(-c4ccccc4)cc3-c3ccccc3)=c3ccccc3=C(c3ccc(-c4ccccc4)cc3-c3ccccc3)C21. The van der Waals surface area contributed by atoms with Crippen LogP contribution in [0.5, 0.6) is 0 Å². The molecule has 0 radical (unpaired) electrons. The van der Waals surface area contributed by atoms with Gasteiger partial charge in [0.25, 0.3) is 0 Å². The molecule has 1 heterocycles. The Morgan fingerprint density at radius 3 is 1.05 bits per heavy atom. The number of carbonyl (C=O) groups is 1. The fourth-order valence-corrected chi connectivity index (χ4v) is 11.2. The third-order valence-corrected chi connectivity index (χ3v) is 13.5. The van der Waals surface area contributed by atoms with Gasteiger partial charge in [-0.1, -0.05) is 194 Å². The van der Waals surface area contributed by atoms with Crippen LogP contribution in [0.25, 0.3) is 55.7 Å². The van der Waals surface area contributed by atoms with Crippen molar-refractivity contribution in [3.8, 4) is 44.5 Å². The number of carbonyl (C=O) groups excluding carboxylic acids is 1. The Hall–Kier alpha value is -7.23. The van der Waals surface area contributed by atoms with Gasteiger partial charge in [0.2, 0.25) is 0 Å². The summed E-state index contributed by atoms with van der Waals surface area (Å²) in [7, 11) is 0. The largest absolute Gasteiger partial charge is 0.509 e. The average Bonchev–Trinajstić information content (AvgIpc) is 3.73. The zero-order valence-electron chi connectivity index (χ0n) is 32.8. The molecule has 1 aliphatic heterocycles. The van der Waals surface area contributed by atoms with Crippen LogP contribution in [-0.2, 0) is 9.47 Å². The molecule has 60 heavy (non-hydrogen) atoms. The number of benzene rings is 8. The van der Waals surface area contributed by atoms with E-state index in [1.807, 2.05) is 0 Å². The van der Waals surface area contributed by atoms with Crippen molar-refractivity contribution in [2.24, 2.45) is 11.8 Å². The zero-order valence-corrected chi connectivity index (χ0v) is 32.8. The van der Waals surface area contributed by atoms with Gasteiger partial charge in [-0.3, -0.25) is 0 Å². The van der Waals surface area contributed by atoms with Gasteiger partial charge in [0.1, 0.15) is 0 Å². The van der Waals surface area contributed by atoms with Crippen molar-refractivity contribution in [2.45, 2.75) is 24.0 Å². The Morgan fingerprint density at radius 2 is 0.650 bits per heavy atom. The standard InChI is InChI=1S/C57H40O3/c58-57-59-55-51-43-27-15-16-28-44(43)52(56(55)60-57)54-50(46-32-30-40(36-19-7-2-8-20-36)34-48(46)38-23-11-4-12-24-38)42-26-14-13-25-41(42)49(53(51)54)45-31-29-39(35-17-5-1-6-18-35)33-47(45)37-21-9-3-10-22-37/h1-34,51-56H. The Kier molecular flexibility index (Phi) is 8.09. The minimum Gasteiger partial charge on any atom is -0.426 e. The number of hydrogen-bond acceptors (Lipinski definition) is 3. The van der Waals surface area contributed by atoms with Crippen molar-refractivity contribution in [3.63, 3.8) is 0 Å². The molecular formula is C57H40O3. The Balaban J connectivity index is 1.21. The van der Waals surface area contributed by atoms with E-state index in [0.717, 1.165) is 0 Å². The minimum atomic E-state index is -0.568. The summed E-state index contributed by atoms with van der Waals surface area (Å²) in [6, 6.07) is 74.7. The van der Waals surface area contributed by atoms with E-state index in [4.69, 9.17) is 9.47 Å². The molecule has 8 aromatic carbocycles. The van der Waals surface area contributed by atoms with Gasteiger partial charge in [-0.15, -0.1) is 0 Å². The molecule has 286 valence electrons. The van der Waals surface area contributed by atoms with Gasteiger partial charge in [-0.2, -0.15) is 0 Å². The molecule has 2 fully saturated rings. The van der Waals surface area contributed by atoms with Gasteiger partial charge in [0, 0.05) is 23.7 Å². The Morgan fingerprint density at radius 1 is 0.300 bits per heavy atom. The van der Waals surface area contributed by atoms with Crippen molar-refractivity contribution in [2.75, 3.05) is 0 Å². The van der Waals surface area contributed by atoms with E-state index in [0.29, 0.717) is 0 Å². The molecule has 3 heteroatoms. The highest BCUT2D eigenvalue weighted by atomic mass is 16.8. The first-order chi connectivity index (χ1) is 29.7. The molecule has 1 saturated carbocycles. The van der Waals surface area contributed by atoms with Crippen LogP contribution in [0.15, 0.2) is 206 Å². The molecule has 0 spiro atoms. The number of rotatable bonds is 6. The zero-order chi connectivity index (χ0) is 39.7. The number of ether oxygens (including phenoxy) is 2. The van der Waals surface area contributed by atoms with E-state index >= 15 is 0 Å². The maximum atomic E-state index is 13.4. The molecule has 4 aliphatic carbocycles. The third-order valence-electron chi connectivity index (χ3n) is 13.5. The monoisotopic (exact) mass is 772 g/mol. The van der Waals surface area contributed by atoms with Crippen LogP contribution >= 0.6 is 0 Å². The highest BCUT2D eigenvalue weighted by Crippen LogP contribution is 2.65. The molecule has 3 nitrogen and oxygen atoms in total. The van der Waals surface area contributed by atoms with Crippen LogP contribution in [0.4, 0.5) is 4.79 Å². The van der Waals surface area contributed by atoms with Gasteiger partial charge >= 0.3 is 6.16 Å². The molecule has 6 unspecified atom stereocenters. The van der Waals surface area contributed by atoms with E-state index in [2.05, 4.69) is 206 Å². The highest BCUT2D eigenvalue weighted by molar-refractivity contribution is 5.93. The Labute approximate surface area is 349 Å². The van der Waals surface area contributed by atoms with Crippen molar-refractivity contribution in [3.05, 3.63) is 239 Å². The maximum Gasteiger partial charge on any atom is 0.509 e. The van der Waals surface area contributed by atoms with Crippen LogP contribution in [0.1, 0.15) is 34.1 Å². The first-order valence-corrected chi connectivity index (χ1v) is 21.0. The van der Waals surface area contributed by atoms with Gasteiger partial charge in [0.15, 0.2) is 12.2 Å². The summed E-state index contributed by atoms with van der Waals surface area (Å²) in [5.74, 6) is -0.333. The van der Waals surface area contributed by atoms with Gasteiger partial charge < -0.3 is 9.47 Å². The summed E-state index contributed by atoms with van der Waals surface area (Å²) in [5.41, 5.74) is 16.9. The second kappa shape index (κ2) is 14.0. The molecule has 5 aliphatic rings. The second-order valence-corrected chi connectivity index (χ2v) is 16.5. The van der Waals surface area contributed by atoms with Gasteiger partial charge in [0.05, 0.1) is 0 Å². The molecule has 2 bridgehead atoms. The quantitative estimate of drug-likeness (QED) is 0.158. The first kappa shape index (κ1) is 34.8. The lowest BCUT2D eigenvalue weighted by atomic mass is 9.48. The van der Waals surface area contributed by atoms with Gasteiger partial charge in [-0.05, 0) is 100 Å². The van der Waals surface area contributed by atoms with Crippen molar-refractivity contribution >= 4 is 17.3 Å². The highest BCUT2D eigenvalue weighted by Gasteiger charge is 2.64. The second-order valence-electron chi connectivity index (χ2n) is 16.5.